The highest BCUT2D eigenvalue weighted by molar-refractivity contribution is 7.13. The van der Waals surface area contributed by atoms with Crippen LogP contribution < -0.4 is 5.32 Å². The average Bonchev–Trinajstić information content (AvgIpc) is 3.11. The lowest BCUT2D eigenvalue weighted by Gasteiger charge is -2.08. The summed E-state index contributed by atoms with van der Waals surface area (Å²) in [5.74, 6) is -1.21. The highest BCUT2D eigenvalue weighted by Crippen LogP contribution is 2.26. The average molecular weight is 405 g/mol. The quantitative estimate of drug-likeness (QED) is 0.632. The molecule has 0 fully saturated rings. The van der Waals surface area contributed by atoms with Crippen molar-refractivity contribution in [3.63, 3.8) is 0 Å². The second-order valence-electron chi connectivity index (χ2n) is 5.57. The van der Waals surface area contributed by atoms with E-state index in [2.05, 4.69) is 15.0 Å². The van der Waals surface area contributed by atoms with E-state index in [1.807, 2.05) is 0 Å². The molecule has 0 aliphatic rings. The highest BCUT2D eigenvalue weighted by atomic mass is 35.5. The number of carbonyl (C=O) groups excluding carboxylic acids is 2. The lowest BCUT2D eigenvalue weighted by molar-refractivity contribution is -0.115. The van der Waals surface area contributed by atoms with Gasteiger partial charge in [-0.2, -0.15) is 0 Å². The van der Waals surface area contributed by atoms with Crippen LogP contribution in [0.5, 0.6) is 0 Å². The number of hydrogen-bond acceptors (Lipinski definition) is 5. The van der Waals surface area contributed by atoms with Crippen LogP contribution in [0.3, 0.4) is 0 Å². The fraction of sp³-hybridized carbons (Fsp3) is 0.105. The summed E-state index contributed by atoms with van der Waals surface area (Å²) in [6.07, 6.45) is 0.0184. The van der Waals surface area contributed by atoms with Crippen LogP contribution in [0.15, 0.2) is 47.8 Å². The summed E-state index contributed by atoms with van der Waals surface area (Å²) in [5.41, 5.74) is 1.79. The first kappa shape index (κ1) is 19.0. The van der Waals surface area contributed by atoms with Gasteiger partial charge < -0.3 is 10.1 Å². The van der Waals surface area contributed by atoms with E-state index >= 15 is 0 Å². The third kappa shape index (κ3) is 4.69. The van der Waals surface area contributed by atoms with Crippen molar-refractivity contribution >= 4 is 40.5 Å². The predicted octanol–water partition coefficient (Wildman–Crippen LogP) is 4.57. The molecule has 0 saturated heterocycles. The van der Waals surface area contributed by atoms with Gasteiger partial charge in [0.25, 0.3) is 0 Å². The van der Waals surface area contributed by atoms with Gasteiger partial charge in [0.2, 0.25) is 5.91 Å². The summed E-state index contributed by atoms with van der Waals surface area (Å²) < 4.78 is 18.0. The zero-order valence-corrected chi connectivity index (χ0v) is 15.7. The molecule has 1 heterocycles. The molecule has 1 aromatic heterocycles. The van der Waals surface area contributed by atoms with E-state index in [9.17, 15) is 14.0 Å². The number of thiazole rings is 1. The fourth-order valence-electron chi connectivity index (χ4n) is 2.37. The smallest absolute Gasteiger partial charge is 0.337 e. The normalized spacial score (nSPS) is 10.5. The number of carbonyl (C=O) groups is 2. The molecule has 3 rings (SSSR count). The van der Waals surface area contributed by atoms with Gasteiger partial charge in [-0.25, -0.2) is 14.2 Å². The molecule has 0 bridgehead atoms. The molecule has 0 unspecified atom stereocenters. The van der Waals surface area contributed by atoms with E-state index < -0.39 is 5.97 Å². The molecule has 0 atom stereocenters. The Bertz CT molecular complexity index is 1010. The molecule has 3 aromatic rings. The summed E-state index contributed by atoms with van der Waals surface area (Å²) in [5, 5.41) is 5.33. The minimum Gasteiger partial charge on any atom is -0.465 e. The Morgan fingerprint density at radius 1 is 1.26 bits per heavy atom. The van der Waals surface area contributed by atoms with Crippen molar-refractivity contribution in [3.8, 4) is 10.6 Å². The number of esters is 1. The fourth-order valence-corrected chi connectivity index (χ4v) is 3.35. The molecular weight excluding hydrogens is 391 g/mol. The Hall–Kier alpha value is -2.77. The second-order valence-corrected chi connectivity index (χ2v) is 6.83. The van der Waals surface area contributed by atoms with E-state index in [1.54, 1.807) is 17.5 Å². The maximum absolute atomic E-state index is 13.3. The van der Waals surface area contributed by atoms with Gasteiger partial charge in [0.1, 0.15) is 10.8 Å². The lowest BCUT2D eigenvalue weighted by Crippen LogP contribution is -2.15. The number of nitrogens with one attached hydrogen (secondary N) is 1. The lowest BCUT2D eigenvalue weighted by atomic mass is 10.2. The molecule has 1 amide bonds. The maximum atomic E-state index is 13.3. The monoisotopic (exact) mass is 404 g/mol. The minimum atomic E-state index is -0.526. The molecule has 138 valence electrons. The van der Waals surface area contributed by atoms with E-state index in [0.29, 0.717) is 27.0 Å². The number of anilines is 1. The van der Waals surface area contributed by atoms with Crippen molar-refractivity contribution in [3.05, 3.63) is 69.9 Å². The van der Waals surface area contributed by atoms with Crippen LogP contribution in [0, 0.1) is 5.82 Å². The van der Waals surface area contributed by atoms with Gasteiger partial charge in [-0.3, -0.25) is 4.79 Å². The summed E-state index contributed by atoms with van der Waals surface area (Å²) in [6, 6.07) is 10.6. The third-order valence-corrected chi connectivity index (χ3v) is 4.90. The zero-order chi connectivity index (χ0) is 19.4. The summed E-state index contributed by atoms with van der Waals surface area (Å²) in [6.45, 7) is 0. The molecular formula is C19H14ClFN2O3S. The second kappa shape index (κ2) is 8.28. The number of halogens is 2. The highest BCUT2D eigenvalue weighted by Gasteiger charge is 2.13. The number of methoxy groups -OCH3 is 1. The first-order valence-electron chi connectivity index (χ1n) is 7.84. The molecule has 0 aliphatic carbocycles. The van der Waals surface area contributed by atoms with Crippen LogP contribution in [0.1, 0.15) is 16.1 Å². The zero-order valence-electron chi connectivity index (χ0n) is 14.2. The number of amides is 1. The van der Waals surface area contributed by atoms with Gasteiger partial charge in [-0.1, -0.05) is 23.7 Å². The van der Waals surface area contributed by atoms with Gasteiger partial charge in [0.15, 0.2) is 0 Å². The van der Waals surface area contributed by atoms with Gasteiger partial charge in [0.05, 0.1) is 35.5 Å². The first-order chi connectivity index (χ1) is 13.0. The maximum Gasteiger partial charge on any atom is 0.337 e. The number of nitrogens with zero attached hydrogens (tertiary/aromatic N) is 1. The Morgan fingerprint density at radius 3 is 2.81 bits per heavy atom. The van der Waals surface area contributed by atoms with Gasteiger partial charge in [-0.05, 0) is 30.3 Å². The molecule has 1 N–H and O–H groups in total. The van der Waals surface area contributed by atoms with Crippen molar-refractivity contribution in [2.45, 2.75) is 6.42 Å². The molecule has 0 radical (unpaired) electrons. The summed E-state index contributed by atoms with van der Waals surface area (Å²) in [4.78, 5) is 28.3. The van der Waals surface area contributed by atoms with E-state index in [0.717, 1.165) is 0 Å². The number of benzene rings is 2. The van der Waals surface area contributed by atoms with Crippen LogP contribution in [-0.2, 0) is 16.0 Å². The molecule has 0 spiro atoms. The Morgan fingerprint density at radius 2 is 2.07 bits per heavy atom. The molecule has 2 aromatic carbocycles. The molecule has 8 heteroatoms. The van der Waals surface area contributed by atoms with Crippen LogP contribution >= 0.6 is 22.9 Å². The Balaban J connectivity index is 1.71. The molecule has 5 nitrogen and oxygen atoms in total. The largest absolute Gasteiger partial charge is 0.465 e. The van der Waals surface area contributed by atoms with Gasteiger partial charge in [0, 0.05) is 10.9 Å². The van der Waals surface area contributed by atoms with Crippen LogP contribution in [0.25, 0.3) is 10.6 Å². The Kier molecular flexibility index (Phi) is 5.83. The standard InChI is InChI=1S/C19H14ClFN2O3S/c1-26-19(25)12-5-6-15(20)16(8-12)23-17(24)9-14-10-27-18(22-14)11-3-2-4-13(21)7-11/h2-8,10H,9H2,1H3,(H,23,24). The Labute approximate surface area is 163 Å². The molecule has 0 aliphatic heterocycles. The van der Waals surface area contributed by atoms with Crippen LogP contribution in [-0.4, -0.2) is 24.0 Å². The number of rotatable bonds is 5. The van der Waals surface area contributed by atoms with Crippen LogP contribution in [0.4, 0.5) is 10.1 Å². The topological polar surface area (TPSA) is 68.3 Å². The number of ether oxygens (including phenoxy) is 1. The van der Waals surface area contributed by atoms with Crippen molar-refractivity contribution in [2.75, 3.05) is 12.4 Å². The molecule has 27 heavy (non-hydrogen) atoms. The van der Waals surface area contributed by atoms with E-state index in [-0.39, 0.29) is 23.7 Å². The SMILES string of the molecule is COC(=O)c1ccc(Cl)c(NC(=O)Cc2csc(-c3cccc(F)c3)n2)c1. The van der Waals surface area contributed by atoms with Gasteiger partial charge >= 0.3 is 5.97 Å². The van der Waals surface area contributed by atoms with Crippen LogP contribution in [0.2, 0.25) is 5.02 Å². The van der Waals surface area contributed by atoms with Crippen molar-refractivity contribution in [1.29, 1.82) is 0 Å². The van der Waals surface area contributed by atoms with E-state index in [4.69, 9.17) is 11.6 Å². The van der Waals surface area contributed by atoms with Gasteiger partial charge in [-0.15, -0.1) is 11.3 Å². The summed E-state index contributed by atoms with van der Waals surface area (Å²) >= 11 is 7.40. The number of aromatic nitrogens is 1. The minimum absolute atomic E-state index is 0.0184. The predicted molar refractivity (Wildman–Crippen MR) is 103 cm³/mol. The van der Waals surface area contributed by atoms with Crippen molar-refractivity contribution in [1.82, 2.24) is 4.98 Å². The number of hydrogen-bond donors (Lipinski definition) is 1. The van der Waals surface area contributed by atoms with Crippen molar-refractivity contribution in [2.24, 2.45) is 0 Å². The van der Waals surface area contributed by atoms with Crippen molar-refractivity contribution < 1.29 is 18.7 Å². The third-order valence-electron chi connectivity index (χ3n) is 3.63. The van der Waals surface area contributed by atoms with E-state index in [1.165, 1.54) is 48.8 Å². The first-order valence-corrected chi connectivity index (χ1v) is 9.10. The molecule has 0 saturated carbocycles. The summed E-state index contributed by atoms with van der Waals surface area (Å²) in [7, 11) is 1.27.